The maximum atomic E-state index is 13.0. The first-order chi connectivity index (χ1) is 14.6. The molecular formula is C25H40N2O3. The lowest BCUT2D eigenvalue weighted by molar-refractivity contribution is -0.146. The molecule has 0 bridgehead atoms. The fourth-order valence-electron chi connectivity index (χ4n) is 4.50. The van der Waals surface area contributed by atoms with E-state index in [1.165, 1.54) is 32.4 Å². The van der Waals surface area contributed by atoms with Crippen molar-refractivity contribution < 1.29 is 14.3 Å². The van der Waals surface area contributed by atoms with E-state index < -0.39 is 5.60 Å². The van der Waals surface area contributed by atoms with Crippen LogP contribution in [0.5, 0.6) is 5.75 Å². The highest BCUT2D eigenvalue weighted by atomic mass is 16.5. The summed E-state index contributed by atoms with van der Waals surface area (Å²) in [5.74, 6) is 1.73. The van der Waals surface area contributed by atoms with Gasteiger partial charge in [-0.2, -0.15) is 0 Å². The summed E-state index contributed by atoms with van der Waals surface area (Å²) in [5.41, 5.74) is 0.148. The van der Waals surface area contributed by atoms with Crippen LogP contribution in [0.15, 0.2) is 24.3 Å². The molecule has 5 heteroatoms. The van der Waals surface area contributed by atoms with Gasteiger partial charge in [-0.05, 0) is 81.8 Å². The Balaban J connectivity index is 1.42. The van der Waals surface area contributed by atoms with Gasteiger partial charge in [0.25, 0.3) is 5.91 Å². The Kier molecular flexibility index (Phi) is 9.01. The highest BCUT2D eigenvalue weighted by Crippen LogP contribution is 2.33. The molecule has 0 aromatic heterocycles. The van der Waals surface area contributed by atoms with Crippen LogP contribution in [-0.2, 0) is 9.53 Å². The van der Waals surface area contributed by atoms with E-state index in [1.807, 2.05) is 24.3 Å². The molecule has 30 heavy (non-hydrogen) atoms. The Morgan fingerprint density at radius 2 is 1.80 bits per heavy atom. The first-order valence-corrected chi connectivity index (χ1v) is 12.0. The molecule has 1 amide bonds. The summed E-state index contributed by atoms with van der Waals surface area (Å²) in [6, 6.07) is 7.74. The molecule has 0 spiro atoms. The summed E-state index contributed by atoms with van der Waals surface area (Å²) in [4.78, 5) is 15.5. The minimum Gasteiger partial charge on any atom is -0.494 e. The number of anilines is 1. The number of nitrogens with zero attached hydrogens (tertiary/aromatic N) is 1. The molecule has 2 aliphatic rings. The van der Waals surface area contributed by atoms with Gasteiger partial charge in [0.05, 0.1) is 6.61 Å². The van der Waals surface area contributed by atoms with Crippen LogP contribution in [0.1, 0.15) is 71.6 Å². The number of likely N-dealkylation sites (tertiary alicyclic amines) is 1. The predicted molar refractivity (Wildman–Crippen MR) is 122 cm³/mol. The van der Waals surface area contributed by atoms with Crippen molar-refractivity contribution in [1.82, 2.24) is 4.90 Å². The fraction of sp³-hybridized carbons (Fsp3) is 0.720. The molecule has 1 N–H and O–H groups in total. The number of amides is 1. The third-order valence-electron chi connectivity index (χ3n) is 6.53. The summed E-state index contributed by atoms with van der Waals surface area (Å²) >= 11 is 0. The molecule has 5 nitrogen and oxygen atoms in total. The highest BCUT2D eigenvalue weighted by molar-refractivity contribution is 5.97. The van der Waals surface area contributed by atoms with Crippen molar-refractivity contribution in [3.8, 4) is 5.75 Å². The van der Waals surface area contributed by atoms with Crippen molar-refractivity contribution in [1.29, 1.82) is 0 Å². The van der Waals surface area contributed by atoms with Gasteiger partial charge in [-0.3, -0.25) is 4.79 Å². The number of benzene rings is 1. The van der Waals surface area contributed by atoms with Gasteiger partial charge in [0.15, 0.2) is 0 Å². The Morgan fingerprint density at radius 3 is 2.47 bits per heavy atom. The van der Waals surface area contributed by atoms with Crippen molar-refractivity contribution in [3.63, 3.8) is 0 Å². The van der Waals surface area contributed by atoms with Crippen LogP contribution < -0.4 is 10.1 Å². The zero-order valence-electron chi connectivity index (χ0n) is 19.0. The Morgan fingerprint density at radius 1 is 1.10 bits per heavy atom. The van der Waals surface area contributed by atoms with Crippen LogP contribution >= 0.6 is 0 Å². The van der Waals surface area contributed by atoms with Gasteiger partial charge < -0.3 is 19.7 Å². The first kappa shape index (κ1) is 23.1. The molecular weight excluding hydrogens is 376 g/mol. The van der Waals surface area contributed by atoms with Crippen molar-refractivity contribution >= 4 is 11.6 Å². The van der Waals surface area contributed by atoms with E-state index in [0.29, 0.717) is 6.61 Å². The molecule has 1 heterocycles. The minimum atomic E-state index is -0.657. The fourth-order valence-corrected chi connectivity index (χ4v) is 4.50. The van der Waals surface area contributed by atoms with Gasteiger partial charge in [0.2, 0.25) is 0 Å². The zero-order valence-corrected chi connectivity index (χ0v) is 19.0. The van der Waals surface area contributed by atoms with Gasteiger partial charge in [-0.25, -0.2) is 0 Å². The van der Waals surface area contributed by atoms with Crippen LogP contribution in [0.3, 0.4) is 0 Å². The maximum Gasteiger partial charge on any atom is 0.256 e. The van der Waals surface area contributed by atoms with Crippen LogP contribution in [-0.4, -0.2) is 49.3 Å². The number of hydrogen-bond acceptors (Lipinski definition) is 4. The summed E-state index contributed by atoms with van der Waals surface area (Å²) in [6.07, 6.45) is 9.54. The highest BCUT2D eigenvalue weighted by Gasteiger charge is 2.40. The molecule has 1 saturated carbocycles. The lowest BCUT2D eigenvalue weighted by Crippen LogP contribution is -2.47. The van der Waals surface area contributed by atoms with Crippen molar-refractivity contribution in [2.75, 3.05) is 38.2 Å². The lowest BCUT2D eigenvalue weighted by atomic mass is 9.83. The van der Waals surface area contributed by atoms with Gasteiger partial charge in [-0.1, -0.05) is 33.1 Å². The van der Waals surface area contributed by atoms with Gasteiger partial charge in [-0.15, -0.1) is 0 Å². The molecule has 3 rings (SSSR count). The van der Waals surface area contributed by atoms with E-state index in [1.54, 1.807) is 0 Å². The molecule has 1 saturated heterocycles. The molecule has 1 aromatic carbocycles. The van der Waals surface area contributed by atoms with Gasteiger partial charge in [0, 0.05) is 18.8 Å². The zero-order chi connectivity index (χ0) is 21.2. The van der Waals surface area contributed by atoms with E-state index in [0.717, 1.165) is 69.0 Å². The minimum absolute atomic E-state index is 0.000156. The predicted octanol–water partition coefficient (Wildman–Crippen LogP) is 5.26. The topological polar surface area (TPSA) is 50.8 Å². The van der Waals surface area contributed by atoms with E-state index >= 15 is 0 Å². The Labute approximate surface area is 182 Å². The molecule has 1 aromatic rings. The SMILES string of the molecule is CCCOC1(C(=O)Nc2ccc(OCCCN3CCC(C)CC3)cc2)CCCCC1. The molecule has 2 fully saturated rings. The molecule has 168 valence electrons. The normalized spacial score (nSPS) is 20.1. The Bertz CT molecular complexity index is 632. The molecule has 1 aliphatic carbocycles. The van der Waals surface area contributed by atoms with Crippen molar-refractivity contribution in [2.24, 2.45) is 5.92 Å². The third kappa shape index (κ3) is 6.71. The standard InChI is InChI=1S/C25H40N2O3/c1-3-19-30-25(14-5-4-6-15-25)24(28)26-22-8-10-23(11-9-22)29-20-7-16-27-17-12-21(2)13-18-27/h8-11,21H,3-7,12-20H2,1-2H3,(H,26,28). The number of nitrogens with one attached hydrogen (secondary N) is 1. The van der Waals surface area contributed by atoms with Crippen LogP contribution in [0.25, 0.3) is 0 Å². The lowest BCUT2D eigenvalue weighted by Gasteiger charge is -2.35. The second kappa shape index (κ2) is 11.7. The van der Waals surface area contributed by atoms with Crippen molar-refractivity contribution in [3.05, 3.63) is 24.3 Å². The van der Waals surface area contributed by atoms with Crippen LogP contribution in [0.2, 0.25) is 0 Å². The molecule has 0 atom stereocenters. The van der Waals surface area contributed by atoms with Crippen LogP contribution in [0, 0.1) is 5.92 Å². The number of rotatable bonds is 10. The second-order valence-corrected chi connectivity index (χ2v) is 9.11. The van der Waals surface area contributed by atoms with Gasteiger partial charge in [0.1, 0.15) is 11.4 Å². The third-order valence-corrected chi connectivity index (χ3v) is 6.53. The van der Waals surface area contributed by atoms with E-state index in [4.69, 9.17) is 9.47 Å². The van der Waals surface area contributed by atoms with Crippen molar-refractivity contribution in [2.45, 2.75) is 77.2 Å². The van der Waals surface area contributed by atoms with Crippen LogP contribution in [0.4, 0.5) is 5.69 Å². The molecule has 1 aliphatic heterocycles. The number of hydrogen-bond donors (Lipinski definition) is 1. The molecule has 0 radical (unpaired) electrons. The van der Waals surface area contributed by atoms with E-state index in [9.17, 15) is 4.79 Å². The summed E-state index contributed by atoms with van der Waals surface area (Å²) in [7, 11) is 0. The van der Waals surface area contributed by atoms with Gasteiger partial charge >= 0.3 is 0 Å². The summed E-state index contributed by atoms with van der Waals surface area (Å²) < 4.78 is 12.0. The first-order valence-electron chi connectivity index (χ1n) is 12.0. The quantitative estimate of drug-likeness (QED) is 0.529. The summed E-state index contributed by atoms with van der Waals surface area (Å²) in [5, 5.41) is 3.08. The average Bonchev–Trinajstić information content (AvgIpc) is 2.78. The average molecular weight is 417 g/mol. The number of ether oxygens (including phenoxy) is 2. The Hall–Kier alpha value is -1.59. The number of carbonyl (C=O) groups is 1. The number of piperidine rings is 1. The monoisotopic (exact) mass is 416 g/mol. The van der Waals surface area contributed by atoms with E-state index in [2.05, 4.69) is 24.1 Å². The largest absolute Gasteiger partial charge is 0.494 e. The maximum absolute atomic E-state index is 13.0. The smallest absolute Gasteiger partial charge is 0.256 e. The molecule has 0 unspecified atom stereocenters. The summed E-state index contributed by atoms with van der Waals surface area (Å²) in [6.45, 7) is 9.35. The second-order valence-electron chi connectivity index (χ2n) is 9.11. The number of carbonyl (C=O) groups excluding carboxylic acids is 1. The van der Waals surface area contributed by atoms with E-state index in [-0.39, 0.29) is 5.91 Å².